The Morgan fingerprint density at radius 2 is 2.12 bits per heavy atom. The summed E-state index contributed by atoms with van der Waals surface area (Å²) in [6.45, 7) is 0.185. The summed E-state index contributed by atoms with van der Waals surface area (Å²) in [5.41, 5.74) is 0.331. The number of aliphatic hydroxyl groups is 1. The van der Waals surface area contributed by atoms with Crippen molar-refractivity contribution in [3.05, 3.63) is 28.2 Å². The number of carbonyl (C=O) groups is 1. The molecule has 0 saturated heterocycles. The zero-order valence-corrected chi connectivity index (χ0v) is 11.1. The minimum atomic E-state index is -0.905. The van der Waals surface area contributed by atoms with Gasteiger partial charge in [0.2, 0.25) is 0 Å². The number of hydrogen-bond donors (Lipinski definition) is 2. The van der Waals surface area contributed by atoms with Crippen molar-refractivity contribution in [3.63, 3.8) is 0 Å². The Bertz CT molecular complexity index is 368. The number of aliphatic hydroxyl groups excluding tert-OH is 1. The molecule has 0 amide bonds. The van der Waals surface area contributed by atoms with E-state index in [9.17, 15) is 4.79 Å². The van der Waals surface area contributed by atoms with E-state index < -0.39 is 5.97 Å². The highest BCUT2D eigenvalue weighted by molar-refractivity contribution is 9.10. The van der Waals surface area contributed by atoms with Crippen molar-refractivity contribution in [2.45, 2.75) is 17.7 Å². The first kappa shape index (κ1) is 13.5. The topological polar surface area (TPSA) is 57.5 Å². The van der Waals surface area contributed by atoms with Gasteiger partial charge >= 0.3 is 5.97 Å². The third-order valence-corrected chi connectivity index (χ3v) is 3.62. The molecule has 0 aliphatic rings. The first-order valence-corrected chi connectivity index (χ1v) is 6.69. The van der Waals surface area contributed by atoms with Crippen molar-refractivity contribution < 1.29 is 15.0 Å². The quantitative estimate of drug-likeness (QED) is 0.626. The SMILES string of the molecule is O=C(O)c1ccc(Br)cc1SCCCCO. The smallest absolute Gasteiger partial charge is 0.336 e. The molecular weight excluding hydrogens is 292 g/mol. The van der Waals surface area contributed by atoms with Gasteiger partial charge in [-0.1, -0.05) is 15.9 Å². The summed E-state index contributed by atoms with van der Waals surface area (Å²) in [6.07, 6.45) is 1.64. The minimum absolute atomic E-state index is 0.185. The van der Waals surface area contributed by atoms with Crippen molar-refractivity contribution >= 4 is 33.7 Å². The molecule has 0 atom stereocenters. The molecule has 0 heterocycles. The van der Waals surface area contributed by atoms with Crippen LogP contribution in [0.3, 0.4) is 0 Å². The van der Waals surface area contributed by atoms with Crippen LogP contribution < -0.4 is 0 Å². The number of benzene rings is 1. The molecule has 5 heteroatoms. The fourth-order valence-corrected chi connectivity index (χ4v) is 2.79. The third-order valence-electron chi connectivity index (χ3n) is 1.98. The monoisotopic (exact) mass is 304 g/mol. The van der Waals surface area contributed by atoms with Crippen LogP contribution in [0.1, 0.15) is 23.2 Å². The number of halogens is 1. The second-order valence-corrected chi connectivity index (χ2v) is 5.28. The van der Waals surface area contributed by atoms with Crippen LogP contribution in [0, 0.1) is 0 Å². The largest absolute Gasteiger partial charge is 0.478 e. The van der Waals surface area contributed by atoms with Gasteiger partial charge in [0.15, 0.2) is 0 Å². The van der Waals surface area contributed by atoms with E-state index in [0.717, 1.165) is 28.0 Å². The standard InChI is InChI=1S/C11H13BrO3S/c12-8-3-4-9(11(14)15)10(7-8)16-6-2-1-5-13/h3-4,7,13H,1-2,5-6H2,(H,14,15). The van der Waals surface area contributed by atoms with Crippen LogP contribution >= 0.6 is 27.7 Å². The Morgan fingerprint density at radius 1 is 1.38 bits per heavy atom. The lowest BCUT2D eigenvalue weighted by atomic mass is 10.2. The molecule has 3 nitrogen and oxygen atoms in total. The van der Waals surface area contributed by atoms with E-state index in [4.69, 9.17) is 10.2 Å². The van der Waals surface area contributed by atoms with Crippen LogP contribution in [0.4, 0.5) is 0 Å². The number of carboxylic acids is 1. The summed E-state index contributed by atoms with van der Waals surface area (Å²) in [5, 5.41) is 17.6. The number of carboxylic acid groups (broad SMARTS) is 1. The summed E-state index contributed by atoms with van der Waals surface area (Å²) in [5.74, 6) is -0.0886. The van der Waals surface area contributed by atoms with Gasteiger partial charge in [-0.15, -0.1) is 11.8 Å². The second-order valence-electron chi connectivity index (χ2n) is 3.22. The zero-order valence-electron chi connectivity index (χ0n) is 8.65. The molecule has 0 aliphatic heterocycles. The van der Waals surface area contributed by atoms with E-state index >= 15 is 0 Å². The Balaban J connectivity index is 2.68. The zero-order chi connectivity index (χ0) is 12.0. The number of aromatic carboxylic acids is 1. The summed E-state index contributed by atoms with van der Waals surface area (Å²) in [4.78, 5) is 11.7. The van der Waals surface area contributed by atoms with Gasteiger partial charge in [0.1, 0.15) is 0 Å². The van der Waals surface area contributed by atoms with Gasteiger partial charge in [0.05, 0.1) is 5.56 Å². The Kier molecular flexibility index (Phi) is 5.87. The molecule has 0 aromatic heterocycles. The van der Waals surface area contributed by atoms with Gasteiger partial charge in [0.25, 0.3) is 0 Å². The van der Waals surface area contributed by atoms with Crippen molar-refractivity contribution in [1.29, 1.82) is 0 Å². The Morgan fingerprint density at radius 3 is 2.75 bits per heavy atom. The van der Waals surface area contributed by atoms with E-state index in [2.05, 4.69) is 15.9 Å². The fourth-order valence-electron chi connectivity index (χ4n) is 1.19. The van der Waals surface area contributed by atoms with Gasteiger partial charge in [0, 0.05) is 16.0 Å². The molecule has 1 rings (SSSR count). The Labute approximate surface area is 107 Å². The molecule has 16 heavy (non-hydrogen) atoms. The molecule has 1 aromatic rings. The molecule has 0 unspecified atom stereocenters. The number of hydrogen-bond acceptors (Lipinski definition) is 3. The first-order chi connectivity index (χ1) is 7.65. The van der Waals surface area contributed by atoms with Crippen LogP contribution in [-0.4, -0.2) is 28.5 Å². The lowest BCUT2D eigenvalue weighted by molar-refractivity contribution is 0.0693. The second kappa shape index (κ2) is 6.93. The maximum Gasteiger partial charge on any atom is 0.336 e. The molecule has 0 bridgehead atoms. The lowest BCUT2D eigenvalue weighted by Crippen LogP contribution is -1.99. The maximum absolute atomic E-state index is 11.0. The molecule has 0 saturated carbocycles. The van der Waals surface area contributed by atoms with E-state index in [1.54, 1.807) is 12.1 Å². The van der Waals surface area contributed by atoms with Crippen LogP contribution in [-0.2, 0) is 0 Å². The van der Waals surface area contributed by atoms with Crippen LogP contribution in [0.15, 0.2) is 27.6 Å². The van der Waals surface area contributed by atoms with Crippen molar-refractivity contribution in [3.8, 4) is 0 Å². The minimum Gasteiger partial charge on any atom is -0.478 e. The van der Waals surface area contributed by atoms with Crippen molar-refractivity contribution in [2.75, 3.05) is 12.4 Å². The molecule has 0 fully saturated rings. The number of rotatable bonds is 6. The number of thioether (sulfide) groups is 1. The fraction of sp³-hybridized carbons (Fsp3) is 0.364. The number of unbranched alkanes of at least 4 members (excludes halogenated alkanes) is 1. The van der Waals surface area contributed by atoms with Crippen molar-refractivity contribution in [1.82, 2.24) is 0 Å². The lowest BCUT2D eigenvalue weighted by Gasteiger charge is -2.06. The van der Waals surface area contributed by atoms with E-state index in [0.29, 0.717) is 5.56 Å². The molecule has 1 aromatic carbocycles. The normalized spacial score (nSPS) is 10.4. The highest BCUT2D eigenvalue weighted by Gasteiger charge is 2.10. The van der Waals surface area contributed by atoms with E-state index in [-0.39, 0.29) is 6.61 Å². The summed E-state index contributed by atoms with van der Waals surface area (Å²) >= 11 is 4.83. The average molecular weight is 305 g/mol. The predicted molar refractivity (Wildman–Crippen MR) is 68.1 cm³/mol. The van der Waals surface area contributed by atoms with Crippen molar-refractivity contribution in [2.24, 2.45) is 0 Å². The van der Waals surface area contributed by atoms with E-state index in [1.807, 2.05) is 6.07 Å². The average Bonchev–Trinajstić information content (AvgIpc) is 2.24. The van der Waals surface area contributed by atoms with E-state index in [1.165, 1.54) is 11.8 Å². The molecular formula is C11H13BrO3S. The summed E-state index contributed by atoms with van der Waals surface area (Å²) < 4.78 is 0.877. The molecule has 0 spiro atoms. The van der Waals surface area contributed by atoms with Gasteiger partial charge in [-0.25, -0.2) is 4.79 Å². The van der Waals surface area contributed by atoms with Crippen LogP contribution in [0.2, 0.25) is 0 Å². The van der Waals surface area contributed by atoms with Gasteiger partial charge in [-0.05, 0) is 36.8 Å². The maximum atomic E-state index is 11.0. The third kappa shape index (κ3) is 4.15. The predicted octanol–water partition coefficient (Wildman–Crippen LogP) is 3.01. The van der Waals surface area contributed by atoms with Gasteiger partial charge in [-0.2, -0.15) is 0 Å². The summed E-state index contributed by atoms with van der Waals surface area (Å²) in [7, 11) is 0. The molecule has 88 valence electrons. The van der Waals surface area contributed by atoms with Crippen LogP contribution in [0.25, 0.3) is 0 Å². The summed E-state index contributed by atoms with van der Waals surface area (Å²) in [6, 6.07) is 5.13. The molecule has 2 N–H and O–H groups in total. The molecule has 0 radical (unpaired) electrons. The molecule has 0 aliphatic carbocycles. The van der Waals surface area contributed by atoms with Gasteiger partial charge < -0.3 is 10.2 Å². The van der Waals surface area contributed by atoms with Crippen LogP contribution in [0.5, 0.6) is 0 Å². The van der Waals surface area contributed by atoms with Gasteiger partial charge in [-0.3, -0.25) is 0 Å². The first-order valence-electron chi connectivity index (χ1n) is 4.91. The Hall–Kier alpha value is -0.520. The highest BCUT2D eigenvalue weighted by Crippen LogP contribution is 2.27. The highest BCUT2D eigenvalue weighted by atomic mass is 79.9.